The predicted molar refractivity (Wildman–Crippen MR) is 113 cm³/mol. The van der Waals surface area contributed by atoms with E-state index in [-0.39, 0.29) is 24.2 Å². The standard InChI is InChI=1S/C22H24FN5O3/c1-15-13-20(28(25-15)18-6-4-17(23)5-7-18)24-21(29)14-26-9-11-27(12-10-26)22(30)19-8-3-16(2)31-19/h3-8,13H,9-12,14H2,1-2H3,(H,24,29). The Bertz CT molecular complexity index is 1080. The second kappa shape index (κ2) is 8.73. The van der Waals surface area contributed by atoms with Crippen LogP contribution in [0.2, 0.25) is 0 Å². The summed E-state index contributed by atoms with van der Waals surface area (Å²) in [5.41, 5.74) is 1.39. The largest absolute Gasteiger partial charge is 0.456 e. The van der Waals surface area contributed by atoms with Crippen molar-refractivity contribution in [2.24, 2.45) is 0 Å². The van der Waals surface area contributed by atoms with Gasteiger partial charge >= 0.3 is 0 Å². The summed E-state index contributed by atoms with van der Waals surface area (Å²) in [6.07, 6.45) is 0. The Kier molecular flexibility index (Phi) is 5.85. The number of furan rings is 1. The van der Waals surface area contributed by atoms with E-state index in [9.17, 15) is 14.0 Å². The van der Waals surface area contributed by atoms with Gasteiger partial charge in [-0.1, -0.05) is 0 Å². The zero-order chi connectivity index (χ0) is 22.0. The molecule has 1 fully saturated rings. The molecule has 31 heavy (non-hydrogen) atoms. The Morgan fingerprint density at radius 2 is 1.77 bits per heavy atom. The van der Waals surface area contributed by atoms with Crippen molar-refractivity contribution in [3.05, 3.63) is 65.5 Å². The Morgan fingerprint density at radius 1 is 1.06 bits per heavy atom. The topological polar surface area (TPSA) is 83.6 Å². The number of benzene rings is 1. The summed E-state index contributed by atoms with van der Waals surface area (Å²) in [4.78, 5) is 28.8. The lowest BCUT2D eigenvalue weighted by molar-refractivity contribution is -0.117. The molecule has 4 rings (SSSR count). The molecule has 0 saturated carbocycles. The zero-order valence-electron chi connectivity index (χ0n) is 17.5. The zero-order valence-corrected chi connectivity index (χ0v) is 17.5. The number of hydrogen-bond acceptors (Lipinski definition) is 5. The second-order valence-electron chi connectivity index (χ2n) is 7.59. The minimum Gasteiger partial charge on any atom is -0.456 e. The van der Waals surface area contributed by atoms with Crippen molar-refractivity contribution >= 4 is 17.6 Å². The highest BCUT2D eigenvalue weighted by molar-refractivity contribution is 5.92. The van der Waals surface area contributed by atoms with E-state index in [1.54, 1.807) is 46.8 Å². The lowest BCUT2D eigenvalue weighted by Gasteiger charge is -2.33. The Morgan fingerprint density at radius 3 is 2.42 bits per heavy atom. The highest BCUT2D eigenvalue weighted by Crippen LogP contribution is 2.18. The minimum atomic E-state index is -0.335. The molecule has 1 aliphatic rings. The summed E-state index contributed by atoms with van der Waals surface area (Å²) < 4.78 is 20.2. The van der Waals surface area contributed by atoms with Gasteiger partial charge in [0.15, 0.2) is 5.76 Å². The summed E-state index contributed by atoms with van der Waals surface area (Å²) in [5.74, 6) is 0.927. The highest BCUT2D eigenvalue weighted by atomic mass is 19.1. The van der Waals surface area contributed by atoms with Crippen molar-refractivity contribution in [1.82, 2.24) is 19.6 Å². The maximum atomic E-state index is 13.2. The molecule has 3 heterocycles. The molecule has 9 heteroatoms. The molecule has 1 aromatic carbocycles. The number of nitrogens with one attached hydrogen (secondary N) is 1. The van der Waals surface area contributed by atoms with E-state index in [2.05, 4.69) is 10.4 Å². The molecule has 1 N–H and O–H groups in total. The fraction of sp³-hybridized carbons (Fsp3) is 0.318. The summed E-state index contributed by atoms with van der Waals surface area (Å²) in [5, 5.41) is 7.27. The van der Waals surface area contributed by atoms with Gasteiger partial charge in [0.2, 0.25) is 5.91 Å². The lowest BCUT2D eigenvalue weighted by atomic mass is 10.2. The van der Waals surface area contributed by atoms with Gasteiger partial charge in [0.1, 0.15) is 17.4 Å². The quantitative estimate of drug-likeness (QED) is 0.680. The van der Waals surface area contributed by atoms with Crippen molar-refractivity contribution in [2.45, 2.75) is 13.8 Å². The molecule has 0 radical (unpaired) electrons. The van der Waals surface area contributed by atoms with Gasteiger partial charge in [-0.2, -0.15) is 5.10 Å². The number of anilines is 1. The van der Waals surface area contributed by atoms with Gasteiger partial charge in [-0.3, -0.25) is 14.5 Å². The smallest absolute Gasteiger partial charge is 0.289 e. The van der Waals surface area contributed by atoms with Crippen LogP contribution in [0.15, 0.2) is 46.9 Å². The number of rotatable bonds is 5. The van der Waals surface area contributed by atoms with Gasteiger partial charge in [-0.05, 0) is 50.2 Å². The van der Waals surface area contributed by atoms with Crippen LogP contribution < -0.4 is 5.32 Å². The molecule has 1 saturated heterocycles. The maximum absolute atomic E-state index is 13.2. The molecule has 0 unspecified atom stereocenters. The third kappa shape index (κ3) is 4.83. The third-order valence-corrected chi connectivity index (χ3v) is 5.15. The van der Waals surface area contributed by atoms with Crippen LogP contribution in [0.1, 0.15) is 22.0 Å². The predicted octanol–water partition coefficient (Wildman–Crippen LogP) is 2.62. The molecule has 3 aromatic rings. The van der Waals surface area contributed by atoms with Crippen LogP contribution in [-0.4, -0.2) is 64.1 Å². The molecular weight excluding hydrogens is 401 g/mol. The number of piperazine rings is 1. The molecule has 0 spiro atoms. The Hall–Kier alpha value is -3.46. The number of halogens is 1. The number of carbonyl (C=O) groups excluding carboxylic acids is 2. The van der Waals surface area contributed by atoms with E-state index < -0.39 is 0 Å². The van der Waals surface area contributed by atoms with Crippen LogP contribution in [0.4, 0.5) is 10.2 Å². The fourth-order valence-corrected chi connectivity index (χ4v) is 3.57. The first-order chi connectivity index (χ1) is 14.9. The van der Waals surface area contributed by atoms with Gasteiger partial charge in [-0.25, -0.2) is 9.07 Å². The number of aryl methyl sites for hydroxylation is 2. The average Bonchev–Trinajstić information content (AvgIpc) is 3.34. The summed E-state index contributed by atoms with van der Waals surface area (Å²) in [6.45, 7) is 6.07. The minimum absolute atomic E-state index is 0.129. The van der Waals surface area contributed by atoms with E-state index >= 15 is 0 Å². The first kappa shape index (κ1) is 20.8. The van der Waals surface area contributed by atoms with Crippen LogP contribution >= 0.6 is 0 Å². The van der Waals surface area contributed by atoms with Crippen LogP contribution in [0, 0.1) is 19.7 Å². The van der Waals surface area contributed by atoms with Gasteiger partial charge < -0.3 is 14.6 Å². The van der Waals surface area contributed by atoms with Crippen LogP contribution in [-0.2, 0) is 4.79 Å². The molecule has 0 bridgehead atoms. The van der Waals surface area contributed by atoms with Crippen molar-refractivity contribution in [3.63, 3.8) is 0 Å². The van der Waals surface area contributed by atoms with Crippen molar-refractivity contribution in [2.75, 3.05) is 38.0 Å². The van der Waals surface area contributed by atoms with Gasteiger partial charge in [0, 0.05) is 32.2 Å². The SMILES string of the molecule is Cc1cc(NC(=O)CN2CCN(C(=O)c3ccc(C)o3)CC2)n(-c2ccc(F)cc2)n1. The molecular formula is C22H24FN5O3. The summed E-state index contributed by atoms with van der Waals surface area (Å²) in [7, 11) is 0. The van der Waals surface area contributed by atoms with Crippen LogP contribution in [0.3, 0.4) is 0 Å². The Balaban J connectivity index is 1.33. The molecule has 0 atom stereocenters. The fourth-order valence-electron chi connectivity index (χ4n) is 3.57. The lowest BCUT2D eigenvalue weighted by Crippen LogP contribution is -2.50. The Labute approximate surface area is 179 Å². The number of carbonyl (C=O) groups is 2. The highest BCUT2D eigenvalue weighted by Gasteiger charge is 2.25. The molecule has 8 nitrogen and oxygen atoms in total. The van der Waals surface area contributed by atoms with Gasteiger partial charge in [-0.15, -0.1) is 0 Å². The van der Waals surface area contributed by atoms with Crippen LogP contribution in [0.25, 0.3) is 5.69 Å². The third-order valence-electron chi connectivity index (χ3n) is 5.15. The molecule has 0 aliphatic carbocycles. The number of hydrogen-bond donors (Lipinski definition) is 1. The number of amides is 2. The van der Waals surface area contributed by atoms with E-state index in [4.69, 9.17) is 4.42 Å². The maximum Gasteiger partial charge on any atom is 0.289 e. The normalized spacial score (nSPS) is 14.6. The van der Waals surface area contributed by atoms with Crippen molar-refractivity contribution in [1.29, 1.82) is 0 Å². The first-order valence-corrected chi connectivity index (χ1v) is 10.1. The van der Waals surface area contributed by atoms with E-state index in [1.165, 1.54) is 12.1 Å². The molecule has 162 valence electrons. The van der Waals surface area contributed by atoms with Gasteiger partial charge in [0.05, 0.1) is 17.9 Å². The van der Waals surface area contributed by atoms with Gasteiger partial charge in [0.25, 0.3) is 5.91 Å². The second-order valence-corrected chi connectivity index (χ2v) is 7.59. The molecule has 1 aliphatic heterocycles. The number of aromatic nitrogens is 2. The average molecular weight is 425 g/mol. The van der Waals surface area contributed by atoms with E-state index in [0.29, 0.717) is 49.2 Å². The molecule has 2 amide bonds. The molecule has 2 aromatic heterocycles. The summed E-state index contributed by atoms with van der Waals surface area (Å²) in [6, 6.07) is 11.1. The number of nitrogens with zero attached hydrogens (tertiary/aromatic N) is 4. The monoisotopic (exact) mass is 425 g/mol. The first-order valence-electron chi connectivity index (χ1n) is 10.1. The van der Waals surface area contributed by atoms with Crippen molar-refractivity contribution in [3.8, 4) is 5.69 Å². The summed E-state index contributed by atoms with van der Waals surface area (Å²) >= 11 is 0. The van der Waals surface area contributed by atoms with E-state index in [0.717, 1.165) is 5.69 Å². The van der Waals surface area contributed by atoms with Crippen molar-refractivity contribution < 1.29 is 18.4 Å². The van der Waals surface area contributed by atoms with Crippen LogP contribution in [0.5, 0.6) is 0 Å². The van der Waals surface area contributed by atoms with E-state index in [1.807, 2.05) is 11.8 Å².